The van der Waals surface area contributed by atoms with Crippen LogP contribution in [0.15, 0.2) is 24.3 Å². The molecule has 1 aliphatic rings. The lowest BCUT2D eigenvalue weighted by atomic mass is 10.0. The van der Waals surface area contributed by atoms with Crippen molar-refractivity contribution in [2.45, 2.75) is 78.9 Å². The first-order valence-electron chi connectivity index (χ1n) is 8.88. The second-order valence-corrected chi connectivity index (χ2v) is 7.47. The van der Waals surface area contributed by atoms with Crippen molar-refractivity contribution in [1.82, 2.24) is 4.90 Å². The van der Waals surface area contributed by atoms with Crippen LogP contribution in [0.5, 0.6) is 0 Å². The van der Waals surface area contributed by atoms with E-state index in [0.717, 1.165) is 11.1 Å². The van der Waals surface area contributed by atoms with Crippen LogP contribution in [0.25, 0.3) is 0 Å². The van der Waals surface area contributed by atoms with Gasteiger partial charge in [0.1, 0.15) is 24.1 Å². The summed E-state index contributed by atoms with van der Waals surface area (Å²) in [6, 6.07) is 7.03. The molecule has 2 atom stereocenters. The summed E-state index contributed by atoms with van der Waals surface area (Å²) in [6.07, 6.45) is -1.07. The quantitative estimate of drug-likeness (QED) is 0.714. The average Bonchev–Trinajstić information content (AvgIpc) is 2.79. The highest BCUT2D eigenvalue weighted by Crippen LogP contribution is 2.42. The summed E-state index contributed by atoms with van der Waals surface area (Å²) in [5.41, 5.74) is 0.397. The first kappa shape index (κ1) is 21.4. The number of alkyl halides is 1. The molecule has 5 heteroatoms. The number of nitrogens with zero attached hydrogens (tertiary/aromatic N) is 1. The molecule has 2 rings (SSSR count). The lowest BCUT2D eigenvalue weighted by Crippen LogP contribution is -2.50. The van der Waals surface area contributed by atoms with Crippen LogP contribution in [0.1, 0.15) is 65.7 Å². The van der Waals surface area contributed by atoms with E-state index in [4.69, 9.17) is 9.47 Å². The number of aryl methyl sites for hydroxylation is 1. The SMILES string of the molecule is CC.Cc1ccc([C@H]2OC(C)(C)N(C(=O)OC(C)(C)C)[C@@H]2CF)cc1. The Hall–Kier alpha value is -1.62. The van der Waals surface area contributed by atoms with Gasteiger partial charge in [-0.2, -0.15) is 0 Å². The van der Waals surface area contributed by atoms with Gasteiger partial charge in [0.15, 0.2) is 0 Å². The molecule has 0 aromatic heterocycles. The number of rotatable bonds is 2. The molecular formula is C20H32FNO3. The summed E-state index contributed by atoms with van der Waals surface area (Å²) < 4.78 is 25.2. The van der Waals surface area contributed by atoms with Crippen molar-refractivity contribution >= 4 is 6.09 Å². The van der Waals surface area contributed by atoms with Crippen molar-refractivity contribution in [3.05, 3.63) is 35.4 Å². The maximum Gasteiger partial charge on any atom is 0.413 e. The molecule has 1 saturated heterocycles. The van der Waals surface area contributed by atoms with Crippen molar-refractivity contribution in [2.75, 3.05) is 6.67 Å². The third kappa shape index (κ3) is 5.18. The number of hydrogen-bond donors (Lipinski definition) is 0. The van der Waals surface area contributed by atoms with Crippen molar-refractivity contribution in [2.24, 2.45) is 0 Å². The predicted molar refractivity (Wildman–Crippen MR) is 98.3 cm³/mol. The monoisotopic (exact) mass is 353 g/mol. The Bertz CT molecular complexity index is 563. The summed E-state index contributed by atoms with van der Waals surface area (Å²) in [5.74, 6) is 0. The minimum absolute atomic E-state index is 0.511. The van der Waals surface area contributed by atoms with Crippen molar-refractivity contribution in [1.29, 1.82) is 0 Å². The summed E-state index contributed by atoms with van der Waals surface area (Å²) in [4.78, 5) is 13.9. The van der Waals surface area contributed by atoms with Crippen LogP contribution in [0.4, 0.5) is 9.18 Å². The Morgan fingerprint density at radius 2 is 1.76 bits per heavy atom. The van der Waals surface area contributed by atoms with Gasteiger partial charge in [-0.05, 0) is 47.1 Å². The standard InChI is InChI=1S/C18H26FNO3.C2H6/c1-12-7-9-13(10-8-12)15-14(11-19)20(18(5,6)22-15)16(21)23-17(2,3)4;1-2/h7-10,14-15H,11H2,1-6H3;1-2H3/t14-,15-;/m1./s1. The molecule has 4 nitrogen and oxygen atoms in total. The van der Waals surface area contributed by atoms with Gasteiger partial charge in [-0.1, -0.05) is 43.7 Å². The van der Waals surface area contributed by atoms with Crippen LogP contribution < -0.4 is 0 Å². The summed E-state index contributed by atoms with van der Waals surface area (Å²) >= 11 is 0. The summed E-state index contributed by atoms with van der Waals surface area (Å²) in [5, 5.41) is 0. The van der Waals surface area contributed by atoms with Gasteiger partial charge in [0.05, 0.1) is 6.04 Å². The van der Waals surface area contributed by atoms with Crippen molar-refractivity contribution in [3.63, 3.8) is 0 Å². The van der Waals surface area contributed by atoms with E-state index in [1.165, 1.54) is 4.90 Å². The first-order valence-corrected chi connectivity index (χ1v) is 8.88. The fourth-order valence-corrected chi connectivity index (χ4v) is 2.84. The maximum atomic E-state index is 13.8. The van der Waals surface area contributed by atoms with E-state index in [9.17, 15) is 9.18 Å². The maximum absolute atomic E-state index is 13.8. The molecule has 0 unspecified atom stereocenters. The minimum atomic E-state index is -0.936. The van der Waals surface area contributed by atoms with Gasteiger partial charge >= 0.3 is 6.09 Å². The predicted octanol–water partition coefficient (Wildman–Crippen LogP) is 5.40. The molecule has 1 fully saturated rings. The number of halogens is 1. The van der Waals surface area contributed by atoms with Gasteiger partial charge in [0, 0.05) is 0 Å². The molecule has 25 heavy (non-hydrogen) atoms. The average molecular weight is 353 g/mol. The van der Waals surface area contributed by atoms with Crippen LogP contribution in [-0.4, -0.2) is 35.0 Å². The second kappa shape index (κ2) is 8.17. The number of amides is 1. The molecule has 1 aromatic carbocycles. The Balaban J connectivity index is 0.00000151. The molecule has 0 aliphatic carbocycles. The van der Waals surface area contributed by atoms with Crippen molar-refractivity contribution < 1.29 is 18.7 Å². The Morgan fingerprint density at radius 3 is 2.20 bits per heavy atom. The zero-order valence-corrected chi connectivity index (χ0v) is 16.7. The summed E-state index contributed by atoms with van der Waals surface area (Å²) in [7, 11) is 0. The third-order valence-corrected chi connectivity index (χ3v) is 3.83. The van der Waals surface area contributed by atoms with Gasteiger partial charge in [0.25, 0.3) is 0 Å². The molecule has 142 valence electrons. The lowest BCUT2D eigenvalue weighted by Gasteiger charge is -2.34. The van der Waals surface area contributed by atoms with E-state index in [1.807, 2.05) is 45.0 Å². The minimum Gasteiger partial charge on any atom is -0.444 e. The molecular weight excluding hydrogens is 321 g/mol. The molecule has 0 saturated carbocycles. The normalized spacial score (nSPS) is 22.2. The fraction of sp³-hybridized carbons (Fsp3) is 0.650. The molecule has 1 amide bonds. The highest BCUT2D eigenvalue weighted by molar-refractivity contribution is 5.70. The van der Waals surface area contributed by atoms with Gasteiger partial charge < -0.3 is 9.47 Å². The second-order valence-electron chi connectivity index (χ2n) is 7.47. The Morgan fingerprint density at radius 1 is 1.24 bits per heavy atom. The third-order valence-electron chi connectivity index (χ3n) is 3.83. The molecule has 0 N–H and O–H groups in total. The van der Waals surface area contributed by atoms with Gasteiger partial charge in [-0.3, -0.25) is 4.90 Å². The van der Waals surface area contributed by atoms with Crippen molar-refractivity contribution in [3.8, 4) is 0 Å². The summed E-state index contributed by atoms with van der Waals surface area (Å²) in [6.45, 7) is 14.2. The Kier molecular flexibility index (Phi) is 7.00. The Labute approximate surface area is 151 Å². The number of benzene rings is 1. The highest BCUT2D eigenvalue weighted by Gasteiger charge is 2.51. The fourth-order valence-electron chi connectivity index (χ4n) is 2.84. The smallest absolute Gasteiger partial charge is 0.413 e. The molecule has 1 aromatic rings. The van der Waals surface area contributed by atoms with E-state index in [1.54, 1.807) is 34.6 Å². The van der Waals surface area contributed by atoms with Crippen LogP contribution in [0, 0.1) is 6.92 Å². The zero-order valence-electron chi connectivity index (χ0n) is 16.7. The highest BCUT2D eigenvalue weighted by atomic mass is 19.1. The van der Waals surface area contributed by atoms with Gasteiger partial charge in [0.2, 0.25) is 0 Å². The molecule has 1 heterocycles. The number of ether oxygens (including phenoxy) is 2. The van der Waals surface area contributed by atoms with Crippen LogP contribution >= 0.6 is 0 Å². The number of carbonyl (C=O) groups is 1. The number of hydrogen-bond acceptors (Lipinski definition) is 3. The van der Waals surface area contributed by atoms with E-state index >= 15 is 0 Å². The molecule has 0 bridgehead atoms. The molecule has 1 aliphatic heterocycles. The topological polar surface area (TPSA) is 38.8 Å². The van der Waals surface area contributed by atoms with E-state index < -0.39 is 36.2 Å². The first-order chi connectivity index (χ1) is 11.5. The zero-order chi connectivity index (χ0) is 19.4. The molecule has 0 radical (unpaired) electrons. The lowest BCUT2D eigenvalue weighted by molar-refractivity contribution is -0.0797. The van der Waals surface area contributed by atoms with E-state index in [0.29, 0.717) is 0 Å². The number of carbonyl (C=O) groups excluding carboxylic acids is 1. The largest absolute Gasteiger partial charge is 0.444 e. The van der Waals surface area contributed by atoms with Gasteiger partial charge in [-0.25, -0.2) is 9.18 Å². The van der Waals surface area contributed by atoms with Gasteiger partial charge in [-0.15, -0.1) is 0 Å². The van der Waals surface area contributed by atoms with Crippen LogP contribution in [0.2, 0.25) is 0 Å². The van der Waals surface area contributed by atoms with Crippen LogP contribution in [0.3, 0.4) is 0 Å². The molecule has 0 spiro atoms. The van der Waals surface area contributed by atoms with E-state index in [2.05, 4.69) is 0 Å². The van der Waals surface area contributed by atoms with E-state index in [-0.39, 0.29) is 0 Å². The van der Waals surface area contributed by atoms with Crippen LogP contribution in [-0.2, 0) is 9.47 Å².